The van der Waals surface area contributed by atoms with Gasteiger partial charge in [-0.1, -0.05) is 72.8 Å². The molecule has 0 unspecified atom stereocenters. The molecule has 2 amide bonds. The number of carbonyl (C=O) groups excluding carboxylic acids is 2. The average molecular weight is 445 g/mol. The molecule has 1 saturated heterocycles. The summed E-state index contributed by atoms with van der Waals surface area (Å²) in [5, 5.41) is 13.9. The normalized spacial score (nSPS) is 16.9. The Morgan fingerprint density at radius 3 is 2.27 bits per heavy atom. The second-order valence-corrected chi connectivity index (χ2v) is 8.19. The Bertz CT molecular complexity index is 1050. The van der Waals surface area contributed by atoms with Crippen molar-refractivity contribution in [2.75, 3.05) is 18.5 Å². The van der Waals surface area contributed by atoms with Gasteiger partial charge >= 0.3 is 0 Å². The van der Waals surface area contributed by atoms with Gasteiger partial charge in [0.25, 0.3) is 0 Å². The van der Waals surface area contributed by atoms with E-state index in [0.717, 1.165) is 11.1 Å². The van der Waals surface area contributed by atoms with E-state index < -0.39 is 12.1 Å². The number of benzene rings is 3. The van der Waals surface area contributed by atoms with Crippen LogP contribution < -0.4 is 5.32 Å². The van der Waals surface area contributed by atoms with Crippen LogP contribution in [-0.2, 0) is 27.3 Å². The van der Waals surface area contributed by atoms with E-state index in [1.807, 2.05) is 60.7 Å². The highest BCUT2D eigenvalue weighted by Gasteiger charge is 2.34. The molecule has 0 aromatic heterocycles. The number of aliphatic hydroxyl groups excluding tert-OH is 1. The molecule has 2 atom stereocenters. The zero-order valence-corrected chi connectivity index (χ0v) is 18.4. The Kier molecular flexibility index (Phi) is 7.50. The second kappa shape index (κ2) is 10.9. The third-order valence-electron chi connectivity index (χ3n) is 5.81. The number of carbonyl (C=O) groups is 2. The van der Waals surface area contributed by atoms with Gasteiger partial charge in [-0.25, -0.2) is 0 Å². The van der Waals surface area contributed by atoms with Gasteiger partial charge in [0.05, 0.1) is 12.6 Å². The number of amides is 2. The molecule has 1 heterocycles. The van der Waals surface area contributed by atoms with Crippen molar-refractivity contribution in [3.8, 4) is 0 Å². The minimum atomic E-state index is -0.902. The van der Waals surface area contributed by atoms with E-state index in [1.54, 1.807) is 29.2 Å². The Balaban J connectivity index is 1.37. The van der Waals surface area contributed by atoms with E-state index >= 15 is 0 Å². The number of hydrogen-bond donors (Lipinski definition) is 2. The lowest BCUT2D eigenvalue weighted by Crippen LogP contribution is -2.51. The molecule has 170 valence electrons. The first kappa shape index (κ1) is 22.7. The van der Waals surface area contributed by atoms with Gasteiger partial charge in [0, 0.05) is 18.7 Å². The first-order valence-corrected chi connectivity index (χ1v) is 11.1. The minimum Gasteiger partial charge on any atom is -0.386 e. The fraction of sp³-hybridized carbons (Fsp3) is 0.259. The summed E-state index contributed by atoms with van der Waals surface area (Å²) in [6, 6.07) is 26.2. The maximum atomic E-state index is 12.5. The number of aryl methyl sites for hydroxylation is 1. The third kappa shape index (κ3) is 6.06. The number of anilines is 1. The summed E-state index contributed by atoms with van der Waals surface area (Å²) in [5.74, 6) is -0.205. The fourth-order valence-corrected chi connectivity index (χ4v) is 3.98. The predicted molar refractivity (Wildman–Crippen MR) is 126 cm³/mol. The van der Waals surface area contributed by atoms with Gasteiger partial charge in [-0.2, -0.15) is 0 Å². The average Bonchev–Trinajstić information content (AvgIpc) is 2.85. The van der Waals surface area contributed by atoms with E-state index in [-0.39, 0.29) is 25.0 Å². The van der Waals surface area contributed by atoms with E-state index in [0.29, 0.717) is 30.6 Å². The van der Waals surface area contributed by atoms with Gasteiger partial charge in [-0.05, 0) is 35.2 Å². The molecule has 33 heavy (non-hydrogen) atoms. The zero-order valence-electron chi connectivity index (χ0n) is 18.4. The number of hydrogen-bond acceptors (Lipinski definition) is 4. The monoisotopic (exact) mass is 444 g/mol. The lowest BCUT2D eigenvalue weighted by molar-refractivity contribution is -0.155. The molecule has 3 aromatic rings. The molecular formula is C27H28N2O4. The molecule has 0 aliphatic carbocycles. The molecule has 0 bridgehead atoms. The standard InChI is InChI=1S/C27H28N2O4/c30-25(16-11-20-7-3-1-4-8-20)28-23-14-12-22(13-15-23)27(32)24-18-33-19-26(31)29(24)17-21-9-5-2-6-10-21/h1-10,12-15,24,27,32H,11,16-19H2,(H,28,30)/t24-,27-/m1/s1. The Labute approximate surface area is 193 Å². The minimum absolute atomic E-state index is 0.0179. The molecular weight excluding hydrogens is 416 g/mol. The summed E-state index contributed by atoms with van der Waals surface area (Å²) in [6.45, 7) is 0.696. The molecule has 6 heteroatoms. The summed E-state index contributed by atoms with van der Waals surface area (Å²) in [5.41, 5.74) is 3.45. The predicted octanol–water partition coefficient (Wildman–Crippen LogP) is 3.72. The van der Waals surface area contributed by atoms with Crippen LogP contribution in [0, 0.1) is 0 Å². The van der Waals surface area contributed by atoms with Crippen molar-refractivity contribution in [3.63, 3.8) is 0 Å². The summed E-state index contributed by atoms with van der Waals surface area (Å²) in [7, 11) is 0. The van der Waals surface area contributed by atoms with Crippen molar-refractivity contribution in [1.29, 1.82) is 0 Å². The van der Waals surface area contributed by atoms with Crippen molar-refractivity contribution in [3.05, 3.63) is 102 Å². The molecule has 2 N–H and O–H groups in total. The van der Waals surface area contributed by atoms with Gasteiger partial charge in [-0.3, -0.25) is 9.59 Å². The maximum Gasteiger partial charge on any atom is 0.249 e. The molecule has 1 aliphatic rings. The van der Waals surface area contributed by atoms with Crippen LogP contribution in [0.3, 0.4) is 0 Å². The Hall–Kier alpha value is -3.48. The summed E-state index contributed by atoms with van der Waals surface area (Å²) >= 11 is 0. The topological polar surface area (TPSA) is 78.9 Å². The van der Waals surface area contributed by atoms with E-state index in [4.69, 9.17) is 4.74 Å². The number of rotatable bonds is 8. The van der Waals surface area contributed by atoms with Crippen molar-refractivity contribution in [1.82, 2.24) is 4.90 Å². The van der Waals surface area contributed by atoms with E-state index in [1.165, 1.54) is 0 Å². The van der Waals surface area contributed by atoms with E-state index in [2.05, 4.69) is 5.32 Å². The number of aliphatic hydroxyl groups is 1. The largest absolute Gasteiger partial charge is 0.386 e. The number of nitrogens with zero attached hydrogens (tertiary/aromatic N) is 1. The highest BCUT2D eigenvalue weighted by atomic mass is 16.5. The van der Waals surface area contributed by atoms with Crippen molar-refractivity contribution < 1.29 is 19.4 Å². The smallest absolute Gasteiger partial charge is 0.249 e. The SMILES string of the molecule is O=C(CCc1ccccc1)Nc1ccc([C@@H](O)[C@H]2COCC(=O)N2Cc2ccccc2)cc1. The van der Waals surface area contributed by atoms with Crippen LogP contribution in [0.25, 0.3) is 0 Å². The van der Waals surface area contributed by atoms with Crippen molar-refractivity contribution >= 4 is 17.5 Å². The molecule has 0 radical (unpaired) electrons. The van der Waals surface area contributed by atoms with Gasteiger partial charge in [-0.15, -0.1) is 0 Å². The Morgan fingerprint density at radius 2 is 1.61 bits per heavy atom. The molecule has 3 aromatic carbocycles. The van der Waals surface area contributed by atoms with Crippen LogP contribution in [0.2, 0.25) is 0 Å². The van der Waals surface area contributed by atoms with Gasteiger partial charge in [0.2, 0.25) is 11.8 Å². The van der Waals surface area contributed by atoms with Crippen molar-refractivity contribution in [2.24, 2.45) is 0 Å². The zero-order chi connectivity index (χ0) is 23.0. The first-order valence-electron chi connectivity index (χ1n) is 11.1. The van der Waals surface area contributed by atoms with Gasteiger partial charge in [0.15, 0.2) is 0 Å². The van der Waals surface area contributed by atoms with Crippen LogP contribution in [0.15, 0.2) is 84.9 Å². The van der Waals surface area contributed by atoms with Crippen LogP contribution >= 0.6 is 0 Å². The Morgan fingerprint density at radius 1 is 0.970 bits per heavy atom. The lowest BCUT2D eigenvalue weighted by atomic mass is 9.99. The first-order chi connectivity index (χ1) is 16.1. The van der Waals surface area contributed by atoms with Crippen LogP contribution in [0.4, 0.5) is 5.69 Å². The molecule has 0 saturated carbocycles. The number of nitrogens with one attached hydrogen (secondary N) is 1. The van der Waals surface area contributed by atoms with Crippen LogP contribution in [0.1, 0.15) is 29.2 Å². The van der Waals surface area contributed by atoms with E-state index in [9.17, 15) is 14.7 Å². The molecule has 0 spiro atoms. The third-order valence-corrected chi connectivity index (χ3v) is 5.81. The highest BCUT2D eigenvalue weighted by molar-refractivity contribution is 5.90. The summed E-state index contributed by atoms with van der Waals surface area (Å²) in [6.07, 6.45) is 0.168. The summed E-state index contributed by atoms with van der Waals surface area (Å²) < 4.78 is 5.44. The highest BCUT2D eigenvalue weighted by Crippen LogP contribution is 2.26. The lowest BCUT2D eigenvalue weighted by Gasteiger charge is -2.38. The second-order valence-electron chi connectivity index (χ2n) is 8.19. The summed E-state index contributed by atoms with van der Waals surface area (Å²) in [4.78, 5) is 26.5. The fourth-order valence-electron chi connectivity index (χ4n) is 3.98. The van der Waals surface area contributed by atoms with Gasteiger partial charge < -0.3 is 20.1 Å². The van der Waals surface area contributed by atoms with Crippen LogP contribution in [0.5, 0.6) is 0 Å². The van der Waals surface area contributed by atoms with Crippen LogP contribution in [-0.4, -0.2) is 41.1 Å². The molecule has 1 fully saturated rings. The van der Waals surface area contributed by atoms with Gasteiger partial charge in [0.1, 0.15) is 12.7 Å². The van der Waals surface area contributed by atoms with Crippen molar-refractivity contribution in [2.45, 2.75) is 31.5 Å². The maximum absolute atomic E-state index is 12.5. The number of ether oxygens (including phenoxy) is 1. The molecule has 6 nitrogen and oxygen atoms in total. The molecule has 1 aliphatic heterocycles. The molecule has 4 rings (SSSR count). The number of morpholine rings is 1. The quantitative estimate of drug-likeness (QED) is 0.555.